The first-order chi connectivity index (χ1) is 14.0. The molecule has 2 aliphatic heterocycles. The number of benzene rings is 1. The Hall–Kier alpha value is -2.16. The molecule has 8 nitrogen and oxygen atoms in total. The Bertz CT molecular complexity index is 687. The van der Waals surface area contributed by atoms with E-state index in [1.807, 2.05) is 24.3 Å². The number of methoxy groups -OCH3 is 1. The van der Waals surface area contributed by atoms with E-state index in [4.69, 9.17) is 23.8 Å². The SMILES string of the molecule is CCOC(=O)C1(C(=O)OCC)C[C@@H]2CCO[C@@H]2ON(Cc2ccc(OC)cc2)C1. The number of rotatable bonds is 7. The minimum atomic E-state index is -1.45. The summed E-state index contributed by atoms with van der Waals surface area (Å²) in [6, 6.07) is 7.53. The number of carbonyl (C=O) groups is 2. The maximum absolute atomic E-state index is 13.0. The molecule has 2 atom stereocenters. The van der Waals surface area contributed by atoms with E-state index in [1.54, 1.807) is 26.0 Å². The monoisotopic (exact) mass is 407 g/mol. The van der Waals surface area contributed by atoms with Gasteiger partial charge in [0.1, 0.15) is 5.75 Å². The highest BCUT2D eigenvalue weighted by Crippen LogP contribution is 2.41. The van der Waals surface area contributed by atoms with Gasteiger partial charge in [-0.25, -0.2) is 0 Å². The Morgan fingerprint density at radius 3 is 2.38 bits per heavy atom. The lowest BCUT2D eigenvalue weighted by Gasteiger charge is -2.31. The minimum absolute atomic E-state index is 0.0348. The van der Waals surface area contributed by atoms with Gasteiger partial charge in [-0.15, -0.1) is 0 Å². The largest absolute Gasteiger partial charge is 0.497 e. The lowest BCUT2D eigenvalue weighted by atomic mass is 9.78. The van der Waals surface area contributed by atoms with E-state index >= 15 is 0 Å². The molecular formula is C21H29NO7. The maximum Gasteiger partial charge on any atom is 0.324 e. The van der Waals surface area contributed by atoms with Crippen LogP contribution in [0.4, 0.5) is 0 Å². The molecule has 0 amide bonds. The fourth-order valence-corrected chi connectivity index (χ4v) is 3.87. The minimum Gasteiger partial charge on any atom is -0.497 e. The first-order valence-corrected chi connectivity index (χ1v) is 10.0. The van der Waals surface area contributed by atoms with E-state index in [9.17, 15) is 9.59 Å². The van der Waals surface area contributed by atoms with Crippen LogP contribution in [0.15, 0.2) is 24.3 Å². The molecule has 0 radical (unpaired) electrons. The van der Waals surface area contributed by atoms with Gasteiger partial charge >= 0.3 is 11.9 Å². The summed E-state index contributed by atoms with van der Waals surface area (Å²) >= 11 is 0. The van der Waals surface area contributed by atoms with E-state index in [0.717, 1.165) is 11.3 Å². The van der Waals surface area contributed by atoms with Gasteiger partial charge in [-0.3, -0.25) is 14.4 Å². The average Bonchev–Trinajstić information content (AvgIpc) is 3.07. The molecule has 0 N–H and O–H groups in total. The van der Waals surface area contributed by atoms with Gasteiger partial charge in [-0.05, 0) is 44.4 Å². The van der Waals surface area contributed by atoms with Crippen molar-refractivity contribution in [3.63, 3.8) is 0 Å². The highest BCUT2D eigenvalue weighted by Gasteiger charge is 2.55. The normalized spacial score (nSPS) is 23.7. The van der Waals surface area contributed by atoms with Gasteiger partial charge in [0.05, 0.1) is 33.5 Å². The number of hydrogen-bond donors (Lipinski definition) is 0. The number of nitrogens with zero attached hydrogens (tertiary/aromatic N) is 1. The third kappa shape index (κ3) is 4.71. The molecule has 2 aliphatic rings. The molecule has 0 unspecified atom stereocenters. The molecule has 3 rings (SSSR count). The fourth-order valence-electron chi connectivity index (χ4n) is 3.87. The second-order valence-corrected chi connectivity index (χ2v) is 7.27. The molecule has 8 heteroatoms. The summed E-state index contributed by atoms with van der Waals surface area (Å²) < 4.78 is 21.5. The van der Waals surface area contributed by atoms with Gasteiger partial charge in [0.2, 0.25) is 0 Å². The Labute approximate surface area is 170 Å². The van der Waals surface area contributed by atoms with Crippen LogP contribution in [0.2, 0.25) is 0 Å². The van der Waals surface area contributed by atoms with Crippen LogP contribution in [0.25, 0.3) is 0 Å². The van der Waals surface area contributed by atoms with Crippen LogP contribution in [-0.2, 0) is 35.2 Å². The average molecular weight is 407 g/mol. The third-order valence-electron chi connectivity index (χ3n) is 5.32. The second kappa shape index (κ2) is 9.56. The van der Waals surface area contributed by atoms with Crippen molar-refractivity contribution in [2.45, 2.75) is 39.5 Å². The fraction of sp³-hybridized carbons (Fsp3) is 0.619. The second-order valence-electron chi connectivity index (χ2n) is 7.27. The lowest BCUT2D eigenvalue weighted by molar-refractivity contribution is -0.277. The van der Waals surface area contributed by atoms with E-state index < -0.39 is 23.6 Å². The third-order valence-corrected chi connectivity index (χ3v) is 5.32. The smallest absolute Gasteiger partial charge is 0.324 e. The van der Waals surface area contributed by atoms with Crippen molar-refractivity contribution in [3.05, 3.63) is 29.8 Å². The van der Waals surface area contributed by atoms with Crippen LogP contribution in [-0.4, -0.2) is 56.8 Å². The van der Waals surface area contributed by atoms with Crippen LogP contribution in [0.1, 0.15) is 32.3 Å². The van der Waals surface area contributed by atoms with Crippen molar-refractivity contribution < 1.29 is 33.4 Å². The zero-order chi connectivity index (χ0) is 20.9. The topological polar surface area (TPSA) is 83.5 Å². The molecular weight excluding hydrogens is 378 g/mol. The lowest BCUT2D eigenvalue weighted by Crippen LogP contribution is -2.49. The van der Waals surface area contributed by atoms with Gasteiger partial charge in [0.15, 0.2) is 11.7 Å². The van der Waals surface area contributed by atoms with Crippen LogP contribution in [0.3, 0.4) is 0 Å². The van der Waals surface area contributed by atoms with E-state index in [0.29, 0.717) is 19.6 Å². The summed E-state index contributed by atoms with van der Waals surface area (Å²) in [7, 11) is 1.61. The van der Waals surface area contributed by atoms with Crippen LogP contribution >= 0.6 is 0 Å². The number of ether oxygens (including phenoxy) is 4. The Morgan fingerprint density at radius 2 is 1.79 bits per heavy atom. The van der Waals surface area contributed by atoms with Crippen molar-refractivity contribution in [3.8, 4) is 5.75 Å². The molecule has 1 aromatic rings. The predicted molar refractivity (Wildman–Crippen MR) is 103 cm³/mol. The number of fused-ring (bicyclic) bond motifs is 1. The zero-order valence-electron chi connectivity index (χ0n) is 17.2. The van der Waals surface area contributed by atoms with Gasteiger partial charge in [0.25, 0.3) is 0 Å². The standard InChI is InChI=1S/C21H29NO7/c1-4-26-19(23)21(20(24)27-5-2)12-16-10-11-28-18(16)29-22(14-21)13-15-6-8-17(25-3)9-7-15/h6-9,16,18H,4-5,10-14H2,1-3H3/t16-,18+/m0/s1. The van der Waals surface area contributed by atoms with E-state index in [1.165, 1.54) is 0 Å². The first kappa shape index (κ1) is 21.5. The molecule has 0 bridgehead atoms. The maximum atomic E-state index is 13.0. The summed E-state index contributed by atoms with van der Waals surface area (Å²) in [6.07, 6.45) is 0.481. The molecule has 0 aromatic heterocycles. The van der Waals surface area contributed by atoms with Crippen molar-refractivity contribution in [1.82, 2.24) is 5.06 Å². The number of carbonyl (C=O) groups excluding carboxylic acids is 2. The molecule has 0 saturated carbocycles. The van der Waals surface area contributed by atoms with E-state index in [2.05, 4.69) is 0 Å². The van der Waals surface area contributed by atoms with Gasteiger partial charge in [-0.2, -0.15) is 5.06 Å². The summed E-state index contributed by atoms with van der Waals surface area (Å²) in [5.74, 6) is -0.495. The molecule has 2 heterocycles. The van der Waals surface area contributed by atoms with Gasteiger partial charge < -0.3 is 18.9 Å². The molecule has 29 heavy (non-hydrogen) atoms. The van der Waals surface area contributed by atoms with Gasteiger partial charge in [-0.1, -0.05) is 12.1 Å². The molecule has 0 aliphatic carbocycles. The molecule has 2 fully saturated rings. The summed E-state index contributed by atoms with van der Waals surface area (Å²) in [4.78, 5) is 32.1. The number of hydroxylamine groups is 2. The molecule has 160 valence electrons. The van der Waals surface area contributed by atoms with Crippen molar-refractivity contribution in [1.29, 1.82) is 0 Å². The number of esters is 2. The molecule has 0 spiro atoms. The van der Waals surface area contributed by atoms with Crippen molar-refractivity contribution >= 4 is 11.9 Å². The van der Waals surface area contributed by atoms with Crippen LogP contribution in [0, 0.1) is 11.3 Å². The van der Waals surface area contributed by atoms with E-state index in [-0.39, 0.29) is 32.1 Å². The number of hydrogen-bond acceptors (Lipinski definition) is 8. The highest BCUT2D eigenvalue weighted by molar-refractivity contribution is 6.00. The van der Waals surface area contributed by atoms with Crippen molar-refractivity contribution in [2.24, 2.45) is 11.3 Å². The Kier molecular flexibility index (Phi) is 7.10. The zero-order valence-corrected chi connectivity index (χ0v) is 17.2. The highest BCUT2D eigenvalue weighted by atomic mass is 16.8. The predicted octanol–water partition coefficient (Wildman–Crippen LogP) is 2.31. The van der Waals surface area contributed by atoms with Crippen LogP contribution < -0.4 is 4.74 Å². The van der Waals surface area contributed by atoms with Gasteiger partial charge in [0, 0.05) is 12.5 Å². The van der Waals surface area contributed by atoms with Crippen molar-refractivity contribution in [2.75, 3.05) is 33.5 Å². The summed E-state index contributed by atoms with van der Waals surface area (Å²) in [5.41, 5.74) is -0.505. The first-order valence-electron chi connectivity index (χ1n) is 10.0. The van der Waals surface area contributed by atoms with Crippen LogP contribution in [0.5, 0.6) is 5.75 Å². The summed E-state index contributed by atoms with van der Waals surface area (Å²) in [6.45, 7) is 4.74. The Balaban J connectivity index is 1.90. The Morgan fingerprint density at radius 1 is 1.14 bits per heavy atom. The molecule has 1 aromatic carbocycles. The summed E-state index contributed by atoms with van der Waals surface area (Å²) in [5, 5.41) is 1.62. The quantitative estimate of drug-likeness (QED) is 0.503. The molecule has 2 saturated heterocycles.